The van der Waals surface area contributed by atoms with Gasteiger partial charge in [-0.25, -0.2) is 0 Å². The van der Waals surface area contributed by atoms with Crippen molar-refractivity contribution in [2.75, 3.05) is 11.0 Å². The highest BCUT2D eigenvalue weighted by Crippen LogP contribution is 2.33. The van der Waals surface area contributed by atoms with E-state index in [1.807, 2.05) is 6.92 Å². The van der Waals surface area contributed by atoms with Gasteiger partial charge in [-0.1, -0.05) is 35.9 Å². The van der Waals surface area contributed by atoms with Gasteiger partial charge in [-0.05, 0) is 31.9 Å². The van der Waals surface area contributed by atoms with Gasteiger partial charge in [0, 0.05) is 9.99 Å². The number of aromatic hydroxyl groups is 1. The minimum absolute atomic E-state index is 0.0799. The van der Waals surface area contributed by atoms with Crippen molar-refractivity contribution >= 4 is 28.4 Å². The summed E-state index contributed by atoms with van der Waals surface area (Å²) in [6.45, 7) is 4.13. The highest BCUT2D eigenvalue weighted by atomic mass is 127. The molecule has 0 saturated carbocycles. The Hall–Kier alpha value is -0.780. The van der Waals surface area contributed by atoms with E-state index in [9.17, 15) is 9.90 Å². The second kappa shape index (κ2) is 7.61. The van der Waals surface area contributed by atoms with Crippen LogP contribution in [0.3, 0.4) is 0 Å². The Bertz CT molecular complexity index is 416. The third-order valence-electron chi connectivity index (χ3n) is 2.65. The largest absolute Gasteiger partial charge is 0.507 e. The molecule has 0 aliphatic carbocycles. The van der Waals surface area contributed by atoms with Crippen molar-refractivity contribution in [3.63, 3.8) is 0 Å². The van der Waals surface area contributed by atoms with Crippen molar-refractivity contribution in [2.24, 2.45) is 0 Å². The van der Waals surface area contributed by atoms with Gasteiger partial charge >= 0.3 is 0 Å². The van der Waals surface area contributed by atoms with Crippen LogP contribution in [0.5, 0.6) is 11.5 Å². The molecule has 0 amide bonds. The fourth-order valence-electron chi connectivity index (χ4n) is 1.77. The van der Waals surface area contributed by atoms with Gasteiger partial charge < -0.3 is 9.84 Å². The zero-order chi connectivity index (χ0) is 13.5. The van der Waals surface area contributed by atoms with Crippen molar-refractivity contribution in [3.05, 3.63) is 23.3 Å². The van der Waals surface area contributed by atoms with E-state index >= 15 is 0 Å². The van der Waals surface area contributed by atoms with E-state index in [4.69, 9.17) is 4.74 Å². The summed E-state index contributed by atoms with van der Waals surface area (Å²) in [6.07, 6.45) is 2.59. The maximum atomic E-state index is 11.4. The summed E-state index contributed by atoms with van der Waals surface area (Å²) in [5.74, 6) is 0.657. The first-order valence-corrected chi connectivity index (χ1v) is 7.68. The van der Waals surface area contributed by atoms with Crippen LogP contribution in [0.15, 0.2) is 12.1 Å². The van der Waals surface area contributed by atoms with Gasteiger partial charge in [0.1, 0.15) is 11.5 Å². The molecule has 0 aliphatic rings. The van der Waals surface area contributed by atoms with Crippen LogP contribution in [0, 0.1) is 0 Å². The van der Waals surface area contributed by atoms with Gasteiger partial charge in [0.05, 0.1) is 12.2 Å². The number of alkyl halides is 1. The third kappa shape index (κ3) is 3.86. The molecule has 0 atom stereocenters. The van der Waals surface area contributed by atoms with E-state index in [0.717, 1.165) is 22.8 Å². The molecule has 3 nitrogen and oxygen atoms in total. The normalized spacial score (nSPS) is 10.4. The zero-order valence-electron chi connectivity index (χ0n) is 10.8. The monoisotopic (exact) mass is 362 g/mol. The van der Waals surface area contributed by atoms with Gasteiger partial charge in [0.2, 0.25) is 0 Å². The lowest BCUT2D eigenvalue weighted by atomic mass is 10.0. The Morgan fingerprint density at radius 2 is 2.17 bits per heavy atom. The van der Waals surface area contributed by atoms with Crippen molar-refractivity contribution in [2.45, 2.75) is 33.1 Å². The number of hydrogen-bond acceptors (Lipinski definition) is 3. The van der Waals surface area contributed by atoms with Crippen LogP contribution in [-0.2, 0) is 6.42 Å². The summed E-state index contributed by atoms with van der Waals surface area (Å²) in [5.41, 5.74) is 1.12. The van der Waals surface area contributed by atoms with E-state index in [-0.39, 0.29) is 11.5 Å². The number of hydrogen-bond donors (Lipinski definition) is 1. The molecular weight excluding hydrogens is 343 g/mol. The summed E-state index contributed by atoms with van der Waals surface area (Å²) in [4.78, 5) is 11.4. The molecule has 0 aliphatic heterocycles. The maximum absolute atomic E-state index is 11.4. The Morgan fingerprint density at radius 3 is 2.72 bits per heavy atom. The van der Waals surface area contributed by atoms with E-state index in [1.54, 1.807) is 12.1 Å². The Labute approximate surface area is 122 Å². The lowest BCUT2D eigenvalue weighted by molar-refractivity contribution is 0.101. The predicted octanol–water partition coefficient (Wildman–Crippen LogP) is 3.75. The Kier molecular flexibility index (Phi) is 6.46. The fourth-order valence-corrected chi connectivity index (χ4v) is 2.08. The summed E-state index contributed by atoms with van der Waals surface area (Å²) in [7, 11) is 0. The Balaban J connectivity index is 3.02. The molecule has 1 aromatic carbocycles. The highest BCUT2D eigenvalue weighted by Gasteiger charge is 2.15. The second-order valence-corrected chi connectivity index (χ2v) is 5.21. The predicted molar refractivity (Wildman–Crippen MR) is 81.1 cm³/mol. The first kappa shape index (κ1) is 15.3. The molecule has 0 unspecified atom stereocenters. The summed E-state index contributed by atoms with van der Waals surface area (Å²) in [5, 5.41) is 10.1. The van der Waals surface area contributed by atoms with Crippen molar-refractivity contribution in [3.8, 4) is 11.5 Å². The number of ether oxygens (including phenoxy) is 1. The number of carbonyl (C=O) groups is 1. The average Bonchev–Trinajstić information content (AvgIpc) is 2.33. The molecule has 0 heterocycles. The summed E-state index contributed by atoms with van der Waals surface area (Å²) < 4.78 is 6.71. The molecule has 1 N–H and O–H groups in total. The smallest absolute Gasteiger partial charge is 0.163 e. The van der Waals surface area contributed by atoms with Crippen LogP contribution in [0.4, 0.5) is 0 Å². The summed E-state index contributed by atoms with van der Waals surface area (Å²) >= 11 is 2.30. The molecule has 0 fully saturated rings. The molecule has 1 aromatic rings. The van der Waals surface area contributed by atoms with Gasteiger partial charge in [0.25, 0.3) is 0 Å². The van der Waals surface area contributed by atoms with Crippen molar-refractivity contribution in [1.82, 2.24) is 0 Å². The standard InChI is InChI=1S/C14H19IO3/c1-3-5-12-13(18-9-4-8-15)7-6-11(10(2)16)14(12)17/h6-7,17H,3-5,8-9H2,1-2H3. The highest BCUT2D eigenvalue weighted by molar-refractivity contribution is 14.1. The zero-order valence-corrected chi connectivity index (χ0v) is 13.0. The molecule has 0 radical (unpaired) electrons. The molecule has 0 bridgehead atoms. The fraction of sp³-hybridized carbons (Fsp3) is 0.500. The number of phenols is 1. The molecular formula is C14H19IO3. The number of rotatable bonds is 7. The molecule has 4 heteroatoms. The number of halogens is 1. The quantitative estimate of drug-likeness (QED) is 0.348. The molecule has 18 heavy (non-hydrogen) atoms. The van der Waals surface area contributed by atoms with E-state index in [0.29, 0.717) is 24.3 Å². The molecule has 1 rings (SSSR count). The Morgan fingerprint density at radius 1 is 1.44 bits per heavy atom. The van der Waals surface area contributed by atoms with Crippen LogP contribution in [0.2, 0.25) is 0 Å². The summed E-state index contributed by atoms with van der Waals surface area (Å²) in [6, 6.07) is 3.42. The van der Waals surface area contributed by atoms with E-state index in [1.165, 1.54) is 6.92 Å². The van der Waals surface area contributed by atoms with Gasteiger partial charge in [-0.2, -0.15) is 0 Å². The molecule has 0 aromatic heterocycles. The number of carbonyl (C=O) groups excluding carboxylic acids is 1. The van der Waals surface area contributed by atoms with E-state index in [2.05, 4.69) is 22.6 Å². The SMILES string of the molecule is CCCc1c(OCCCI)ccc(C(C)=O)c1O. The maximum Gasteiger partial charge on any atom is 0.163 e. The van der Waals surface area contributed by atoms with Crippen molar-refractivity contribution in [1.29, 1.82) is 0 Å². The van der Waals surface area contributed by atoms with Gasteiger partial charge in [-0.3, -0.25) is 4.79 Å². The number of Topliss-reactive ketones (excluding diaryl/α,β-unsaturated/α-hetero) is 1. The van der Waals surface area contributed by atoms with E-state index < -0.39 is 0 Å². The minimum Gasteiger partial charge on any atom is -0.507 e. The van der Waals surface area contributed by atoms with Crippen LogP contribution in [0.1, 0.15) is 42.6 Å². The third-order valence-corrected chi connectivity index (χ3v) is 3.42. The number of ketones is 1. The number of phenolic OH excluding ortho intramolecular Hbond substituents is 1. The lowest BCUT2D eigenvalue weighted by Crippen LogP contribution is -2.03. The van der Waals surface area contributed by atoms with Crippen LogP contribution < -0.4 is 4.74 Å². The number of benzene rings is 1. The molecule has 100 valence electrons. The van der Waals surface area contributed by atoms with Gasteiger partial charge in [-0.15, -0.1) is 0 Å². The minimum atomic E-state index is -0.122. The molecule has 0 saturated heterocycles. The van der Waals surface area contributed by atoms with Crippen LogP contribution in [0.25, 0.3) is 0 Å². The second-order valence-electron chi connectivity index (χ2n) is 4.14. The molecule has 0 spiro atoms. The average molecular weight is 362 g/mol. The van der Waals surface area contributed by atoms with Crippen molar-refractivity contribution < 1.29 is 14.6 Å². The van der Waals surface area contributed by atoms with Crippen LogP contribution in [-0.4, -0.2) is 21.9 Å². The first-order valence-electron chi connectivity index (χ1n) is 6.16. The lowest BCUT2D eigenvalue weighted by Gasteiger charge is -2.14. The van der Waals surface area contributed by atoms with Crippen LogP contribution >= 0.6 is 22.6 Å². The topological polar surface area (TPSA) is 46.5 Å². The van der Waals surface area contributed by atoms with Gasteiger partial charge in [0.15, 0.2) is 5.78 Å². The first-order chi connectivity index (χ1) is 8.61.